The van der Waals surface area contributed by atoms with Gasteiger partial charge in [-0.3, -0.25) is 9.67 Å². The molecule has 7 heteroatoms. The Kier molecular flexibility index (Phi) is 5.44. The van der Waals surface area contributed by atoms with Gasteiger partial charge in [0.05, 0.1) is 16.9 Å². The van der Waals surface area contributed by atoms with E-state index in [0.29, 0.717) is 12.4 Å². The molecule has 0 atom stereocenters. The average Bonchev–Trinajstić information content (AvgIpc) is 3.19. The fourth-order valence-electron chi connectivity index (χ4n) is 3.82. The van der Waals surface area contributed by atoms with Crippen molar-refractivity contribution in [2.75, 3.05) is 12.4 Å². The Labute approximate surface area is 192 Å². The highest BCUT2D eigenvalue weighted by molar-refractivity contribution is 5.93. The summed E-state index contributed by atoms with van der Waals surface area (Å²) in [5.74, 6) is 2.25. The largest absolute Gasteiger partial charge is 0.487 e. The van der Waals surface area contributed by atoms with Crippen LogP contribution in [0.4, 0.5) is 5.82 Å². The van der Waals surface area contributed by atoms with Crippen molar-refractivity contribution in [1.29, 1.82) is 0 Å². The monoisotopic (exact) mass is 436 g/mol. The molecule has 1 N–H and O–H groups in total. The first kappa shape index (κ1) is 20.6. The van der Waals surface area contributed by atoms with Gasteiger partial charge < -0.3 is 10.1 Å². The van der Waals surface area contributed by atoms with Gasteiger partial charge in [-0.05, 0) is 60.5 Å². The molecule has 0 saturated heterocycles. The first-order chi connectivity index (χ1) is 16.1. The van der Waals surface area contributed by atoms with E-state index in [1.54, 1.807) is 12.4 Å². The Balaban J connectivity index is 1.40. The van der Waals surface area contributed by atoms with Gasteiger partial charge in [0, 0.05) is 37.4 Å². The Morgan fingerprint density at radius 1 is 0.939 bits per heavy atom. The minimum Gasteiger partial charge on any atom is -0.487 e. The smallest absolute Gasteiger partial charge is 0.163 e. The van der Waals surface area contributed by atoms with Gasteiger partial charge in [-0.15, -0.1) is 0 Å². The molecule has 0 radical (unpaired) electrons. The molecule has 33 heavy (non-hydrogen) atoms. The molecule has 2 aromatic carbocycles. The number of pyridine rings is 1. The lowest BCUT2D eigenvalue weighted by molar-refractivity contribution is 0.295. The molecule has 0 spiro atoms. The van der Waals surface area contributed by atoms with E-state index >= 15 is 0 Å². The van der Waals surface area contributed by atoms with Gasteiger partial charge in [0.2, 0.25) is 0 Å². The summed E-state index contributed by atoms with van der Waals surface area (Å²) in [4.78, 5) is 13.6. The lowest BCUT2D eigenvalue weighted by atomic mass is 10.0. The average molecular weight is 437 g/mol. The fraction of sp³-hybridized carbons (Fsp3) is 0.154. The van der Waals surface area contributed by atoms with Crippen LogP contribution in [0.15, 0.2) is 73.1 Å². The number of aromatic nitrogens is 5. The number of nitrogens with one attached hydrogen (secondary N) is 1. The topological polar surface area (TPSA) is 77.8 Å². The minimum absolute atomic E-state index is 0.481. The van der Waals surface area contributed by atoms with Crippen molar-refractivity contribution in [3.63, 3.8) is 0 Å². The minimum atomic E-state index is 0.481. The first-order valence-corrected chi connectivity index (χ1v) is 10.7. The van der Waals surface area contributed by atoms with E-state index in [4.69, 9.17) is 14.7 Å². The van der Waals surface area contributed by atoms with Gasteiger partial charge in [0.1, 0.15) is 18.2 Å². The van der Waals surface area contributed by atoms with Crippen molar-refractivity contribution < 1.29 is 4.74 Å². The lowest BCUT2D eigenvalue weighted by Gasteiger charge is -2.11. The molecule has 5 aromatic rings. The van der Waals surface area contributed by atoms with Crippen LogP contribution < -0.4 is 10.1 Å². The van der Waals surface area contributed by atoms with Crippen molar-refractivity contribution >= 4 is 16.7 Å². The second kappa shape index (κ2) is 8.70. The Hall–Kier alpha value is -4.26. The van der Waals surface area contributed by atoms with Crippen molar-refractivity contribution in [2.24, 2.45) is 7.05 Å². The zero-order chi connectivity index (χ0) is 22.8. The summed E-state index contributed by atoms with van der Waals surface area (Å²) >= 11 is 0. The molecule has 5 rings (SSSR count). The quantitative estimate of drug-likeness (QED) is 0.403. The maximum atomic E-state index is 5.94. The summed E-state index contributed by atoms with van der Waals surface area (Å²) in [6, 6.07) is 20.2. The van der Waals surface area contributed by atoms with E-state index in [0.717, 1.165) is 50.5 Å². The van der Waals surface area contributed by atoms with Crippen molar-refractivity contribution in [3.8, 4) is 28.3 Å². The zero-order valence-electron chi connectivity index (χ0n) is 18.8. The van der Waals surface area contributed by atoms with Gasteiger partial charge in [0.25, 0.3) is 0 Å². The summed E-state index contributed by atoms with van der Waals surface area (Å²) in [7, 11) is 3.80. The lowest BCUT2D eigenvalue weighted by Crippen LogP contribution is -2.02. The summed E-state index contributed by atoms with van der Waals surface area (Å²) in [5.41, 5.74) is 5.97. The summed E-state index contributed by atoms with van der Waals surface area (Å²) < 4.78 is 7.79. The van der Waals surface area contributed by atoms with E-state index in [2.05, 4.69) is 39.7 Å². The highest BCUT2D eigenvalue weighted by atomic mass is 16.5. The van der Waals surface area contributed by atoms with E-state index in [1.807, 2.05) is 62.1 Å². The van der Waals surface area contributed by atoms with Gasteiger partial charge in [-0.25, -0.2) is 9.97 Å². The second-order valence-corrected chi connectivity index (χ2v) is 7.83. The number of nitrogens with zero attached hydrogens (tertiary/aromatic N) is 5. The molecule has 0 amide bonds. The third kappa shape index (κ3) is 4.25. The van der Waals surface area contributed by atoms with E-state index < -0.39 is 0 Å². The van der Waals surface area contributed by atoms with Crippen LogP contribution in [0.5, 0.6) is 5.75 Å². The van der Waals surface area contributed by atoms with Crippen LogP contribution in [0, 0.1) is 6.92 Å². The van der Waals surface area contributed by atoms with Crippen LogP contribution in [-0.4, -0.2) is 31.8 Å². The van der Waals surface area contributed by atoms with Crippen LogP contribution in [0.25, 0.3) is 33.4 Å². The predicted octanol–water partition coefficient (Wildman–Crippen LogP) is 5.02. The van der Waals surface area contributed by atoms with E-state index in [1.165, 1.54) is 0 Å². The van der Waals surface area contributed by atoms with Crippen LogP contribution in [0.3, 0.4) is 0 Å². The van der Waals surface area contributed by atoms with Crippen LogP contribution in [0.1, 0.15) is 11.4 Å². The second-order valence-electron chi connectivity index (χ2n) is 7.83. The molecule has 0 saturated carbocycles. The number of fused-ring (bicyclic) bond motifs is 1. The molecule has 0 aliphatic rings. The summed E-state index contributed by atoms with van der Waals surface area (Å²) in [6.07, 6.45) is 3.51. The molecule has 3 heterocycles. The molecule has 0 fully saturated rings. The Morgan fingerprint density at radius 3 is 2.45 bits per heavy atom. The molecule has 164 valence electrons. The molecule has 7 nitrogen and oxygen atoms in total. The van der Waals surface area contributed by atoms with Crippen LogP contribution in [0.2, 0.25) is 0 Å². The molecular weight excluding hydrogens is 412 g/mol. The standard InChI is InChI=1S/C26H24N6O/c1-17-13-21(32(3)31-17)16-33-22-9-6-18(7-10-22)19-8-11-24-23(14-19)26(27-2)30-25(29-24)20-5-4-12-28-15-20/h4-15H,16H2,1-3H3,(H,27,29,30). The first-order valence-electron chi connectivity index (χ1n) is 10.7. The number of hydrogen-bond acceptors (Lipinski definition) is 6. The van der Waals surface area contributed by atoms with Crippen LogP contribution >= 0.6 is 0 Å². The third-order valence-electron chi connectivity index (χ3n) is 5.53. The highest BCUT2D eigenvalue weighted by Crippen LogP contribution is 2.30. The van der Waals surface area contributed by atoms with Crippen molar-refractivity contribution in [1.82, 2.24) is 24.7 Å². The molecular formula is C26H24N6O. The number of benzene rings is 2. The number of aryl methyl sites for hydroxylation is 2. The number of rotatable bonds is 6. The maximum Gasteiger partial charge on any atom is 0.163 e. The normalized spacial score (nSPS) is 11.0. The third-order valence-corrected chi connectivity index (χ3v) is 5.53. The van der Waals surface area contributed by atoms with Crippen molar-refractivity contribution in [2.45, 2.75) is 13.5 Å². The van der Waals surface area contributed by atoms with Crippen molar-refractivity contribution in [3.05, 3.63) is 84.4 Å². The zero-order valence-corrected chi connectivity index (χ0v) is 18.8. The van der Waals surface area contributed by atoms with Gasteiger partial charge in [0.15, 0.2) is 5.82 Å². The van der Waals surface area contributed by atoms with Crippen LogP contribution in [-0.2, 0) is 13.7 Å². The molecule has 0 aliphatic heterocycles. The van der Waals surface area contributed by atoms with E-state index in [-0.39, 0.29) is 0 Å². The Morgan fingerprint density at radius 2 is 1.76 bits per heavy atom. The molecule has 0 unspecified atom stereocenters. The maximum absolute atomic E-state index is 5.94. The van der Waals surface area contributed by atoms with Gasteiger partial charge in [-0.1, -0.05) is 18.2 Å². The summed E-state index contributed by atoms with van der Waals surface area (Å²) in [6.45, 7) is 2.46. The molecule has 3 aromatic heterocycles. The molecule has 0 aliphatic carbocycles. The fourth-order valence-corrected chi connectivity index (χ4v) is 3.82. The number of hydrogen-bond donors (Lipinski definition) is 1. The Bertz CT molecular complexity index is 1410. The highest BCUT2D eigenvalue weighted by Gasteiger charge is 2.11. The number of anilines is 1. The predicted molar refractivity (Wildman–Crippen MR) is 130 cm³/mol. The van der Waals surface area contributed by atoms with E-state index in [9.17, 15) is 0 Å². The van der Waals surface area contributed by atoms with Gasteiger partial charge >= 0.3 is 0 Å². The molecule has 0 bridgehead atoms. The summed E-state index contributed by atoms with van der Waals surface area (Å²) in [5, 5.41) is 8.53. The van der Waals surface area contributed by atoms with Gasteiger partial charge in [-0.2, -0.15) is 5.10 Å². The SMILES string of the molecule is CNc1nc(-c2cccnc2)nc2ccc(-c3ccc(OCc4cc(C)nn4C)cc3)cc12. The number of ether oxygens (including phenoxy) is 1.